The Balaban J connectivity index is 0.876. The van der Waals surface area contributed by atoms with E-state index < -0.39 is 41.8 Å². The van der Waals surface area contributed by atoms with Crippen LogP contribution in [0.3, 0.4) is 0 Å². The Morgan fingerprint density at radius 2 is 1.72 bits per heavy atom. The molecule has 6 heterocycles. The summed E-state index contributed by atoms with van der Waals surface area (Å²) in [5.41, 5.74) is 8.31. The van der Waals surface area contributed by atoms with Crippen LogP contribution in [0.1, 0.15) is 78.0 Å². The molecule has 2 saturated heterocycles. The molecule has 76 heavy (non-hydrogen) atoms. The molecule has 2 fully saturated rings. The highest BCUT2D eigenvalue weighted by Crippen LogP contribution is 2.41. The molecule has 0 spiro atoms. The molecule has 8 amide bonds. The number of likely N-dealkylation sites (tertiary alicyclic amines) is 1. The number of imide groups is 1. The Hall–Kier alpha value is -8.18. The van der Waals surface area contributed by atoms with Gasteiger partial charge >= 0.3 is 18.1 Å². The number of hydrogen-bond donors (Lipinski definition) is 7. The number of fused-ring (bicyclic) bond motifs is 4. The van der Waals surface area contributed by atoms with E-state index in [4.69, 9.17) is 20.2 Å². The first kappa shape index (κ1) is 54.1. The third-order valence-corrected chi connectivity index (χ3v) is 14.2. The number of aryl methyl sites for hydroxylation is 1. The molecule has 0 bridgehead atoms. The minimum absolute atomic E-state index is 0.0200. The van der Waals surface area contributed by atoms with Crippen molar-refractivity contribution in [2.45, 2.75) is 97.2 Å². The first-order valence-corrected chi connectivity index (χ1v) is 25.7. The third-order valence-electron chi connectivity index (χ3n) is 14.2. The fraction of sp³-hybridized carbons (Fsp3) is 0.481. The standard InChI is InChI=1S/C52H65FN14O9/c1-28(2)44(61-40(68)11-7-6-8-18-67-41(69)14-15-42(67)70)49(72)60-37(10-9-17-56-50(54)73)48(71)59-34-13-12-32(29(3)20-34)27-75-52(74)66-19-16-31-25-65(26-39(31)66)47-43-36-21-33(53)22-38(55-5)45(36)62-46(43)63-51(64-47)76-35-23-57-30(4)58-24-35/h12-15,21-24,28-29,31,37,39,44,55H,6-11,16-20,25-27H2,1-5H3,(H,59,71)(H,60,72)(H,61,68)(H3,54,56,73)(H,62,63,64)/t29?,31?,37?,39?,44-/m0/s1. The zero-order chi connectivity index (χ0) is 54.2. The van der Waals surface area contributed by atoms with Crippen LogP contribution < -0.4 is 42.0 Å². The second kappa shape index (κ2) is 24.0. The van der Waals surface area contributed by atoms with Gasteiger partial charge in [-0.2, -0.15) is 9.97 Å². The van der Waals surface area contributed by atoms with Crippen LogP contribution in [0.25, 0.3) is 21.9 Å². The summed E-state index contributed by atoms with van der Waals surface area (Å²) in [6.45, 7) is 9.21. The normalized spacial score (nSPS) is 18.9. The average molecular weight is 1050 g/mol. The number of allylic oxidation sites excluding steroid dienone is 3. The summed E-state index contributed by atoms with van der Waals surface area (Å²) >= 11 is 0. The first-order chi connectivity index (χ1) is 36.5. The van der Waals surface area contributed by atoms with Crippen LogP contribution in [0.4, 0.5) is 25.5 Å². The van der Waals surface area contributed by atoms with Gasteiger partial charge in [0.15, 0.2) is 5.75 Å². The maximum absolute atomic E-state index is 15.0. The van der Waals surface area contributed by atoms with Gasteiger partial charge in [0, 0.05) is 75.3 Å². The average Bonchev–Trinajstić information content (AvgIpc) is 4.19. The number of amides is 8. The lowest BCUT2D eigenvalue weighted by Crippen LogP contribution is -2.55. The summed E-state index contributed by atoms with van der Waals surface area (Å²) in [6.07, 6.45) is 11.9. The molecule has 24 heteroatoms. The van der Waals surface area contributed by atoms with Gasteiger partial charge in [-0.3, -0.25) is 28.9 Å². The first-order valence-electron chi connectivity index (χ1n) is 25.7. The van der Waals surface area contributed by atoms with Gasteiger partial charge in [0.2, 0.25) is 17.7 Å². The fourth-order valence-corrected chi connectivity index (χ4v) is 10.1. The molecule has 3 aliphatic heterocycles. The number of rotatable bonds is 22. The number of benzene rings is 1. The van der Waals surface area contributed by atoms with Crippen LogP contribution in [-0.2, 0) is 28.7 Å². The van der Waals surface area contributed by atoms with E-state index in [2.05, 4.69) is 51.4 Å². The number of carbonyl (C=O) groups is 7. The summed E-state index contributed by atoms with van der Waals surface area (Å²) in [5, 5.41) is 15.3. The molecule has 0 radical (unpaired) electrons. The van der Waals surface area contributed by atoms with Gasteiger partial charge in [-0.05, 0) is 81.1 Å². The molecule has 1 aromatic carbocycles. The number of aromatic amines is 1. The number of carbonyl (C=O) groups excluding carboxylic acids is 7. The topological polar surface area (TPSA) is 301 Å². The lowest BCUT2D eigenvalue weighted by molar-refractivity contribution is -0.137. The van der Waals surface area contributed by atoms with Crippen molar-refractivity contribution in [2.75, 3.05) is 56.6 Å². The van der Waals surface area contributed by atoms with Crippen LogP contribution in [-0.4, -0.2) is 141 Å². The van der Waals surface area contributed by atoms with Crippen molar-refractivity contribution in [3.05, 3.63) is 71.7 Å². The van der Waals surface area contributed by atoms with Gasteiger partial charge in [0.1, 0.15) is 41.8 Å². The molecule has 3 aromatic heterocycles. The van der Waals surface area contributed by atoms with Crippen molar-refractivity contribution in [2.24, 2.45) is 23.5 Å². The van der Waals surface area contributed by atoms with Gasteiger partial charge in [0.05, 0.1) is 35.0 Å². The molecule has 0 saturated carbocycles. The van der Waals surface area contributed by atoms with Crippen LogP contribution in [0.5, 0.6) is 11.8 Å². The van der Waals surface area contributed by atoms with Gasteiger partial charge in [0.25, 0.3) is 11.8 Å². The molecule has 8 N–H and O–H groups in total. The number of hydrogen-bond acceptors (Lipinski definition) is 15. The summed E-state index contributed by atoms with van der Waals surface area (Å²) in [7, 11) is 1.71. The van der Waals surface area contributed by atoms with E-state index in [1.807, 2.05) is 13.0 Å². The zero-order valence-corrected chi connectivity index (χ0v) is 43.2. The monoisotopic (exact) mass is 1050 g/mol. The van der Waals surface area contributed by atoms with E-state index in [-0.39, 0.29) is 80.1 Å². The maximum Gasteiger partial charge on any atom is 0.410 e. The molecule has 4 unspecified atom stereocenters. The predicted octanol–water partition coefficient (Wildman–Crippen LogP) is 4.36. The van der Waals surface area contributed by atoms with Crippen LogP contribution >= 0.6 is 0 Å². The molecule has 5 atom stereocenters. The summed E-state index contributed by atoms with van der Waals surface area (Å²) in [4.78, 5) is 116. The Kier molecular flexibility index (Phi) is 17.1. The minimum atomic E-state index is -1.04. The van der Waals surface area contributed by atoms with Crippen molar-refractivity contribution < 1.29 is 47.4 Å². The smallest absolute Gasteiger partial charge is 0.410 e. The lowest BCUT2D eigenvalue weighted by Gasteiger charge is -2.28. The third kappa shape index (κ3) is 12.8. The second-order valence-electron chi connectivity index (χ2n) is 19.9. The quantitative estimate of drug-likeness (QED) is 0.0425. The molecule has 4 aromatic rings. The van der Waals surface area contributed by atoms with Crippen molar-refractivity contribution in [3.8, 4) is 11.8 Å². The summed E-state index contributed by atoms with van der Waals surface area (Å²) in [6, 6.07) is -0.0241. The van der Waals surface area contributed by atoms with E-state index in [0.717, 1.165) is 16.9 Å². The highest BCUT2D eigenvalue weighted by atomic mass is 19.1. The zero-order valence-electron chi connectivity index (χ0n) is 43.2. The van der Waals surface area contributed by atoms with Crippen LogP contribution in [0, 0.1) is 30.5 Å². The fourth-order valence-electron chi connectivity index (χ4n) is 10.1. The number of aromatic nitrogens is 5. The number of anilines is 2. The van der Waals surface area contributed by atoms with Crippen molar-refractivity contribution in [1.29, 1.82) is 0 Å². The Labute approximate surface area is 438 Å². The van der Waals surface area contributed by atoms with Gasteiger partial charge in [-0.1, -0.05) is 33.3 Å². The second-order valence-corrected chi connectivity index (χ2v) is 19.9. The number of nitrogens with one attached hydrogen (secondary N) is 6. The van der Waals surface area contributed by atoms with E-state index in [1.54, 1.807) is 38.8 Å². The van der Waals surface area contributed by atoms with Gasteiger partial charge in [-0.15, -0.1) is 0 Å². The van der Waals surface area contributed by atoms with E-state index in [1.165, 1.54) is 36.7 Å². The van der Waals surface area contributed by atoms with Crippen molar-refractivity contribution in [1.82, 2.24) is 56.0 Å². The number of nitrogens with two attached hydrogens (primary N) is 1. The molecule has 1 aliphatic carbocycles. The van der Waals surface area contributed by atoms with Gasteiger partial charge in [-0.25, -0.2) is 23.9 Å². The molecule has 23 nitrogen and oxygen atoms in total. The number of halogens is 1. The van der Waals surface area contributed by atoms with Crippen molar-refractivity contribution >= 4 is 75.1 Å². The molecule has 8 rings (SSSR count). The maximum atomic E-state index is 15.0. The Morgan fingerprint density at radius 1 is 0.961 bits per heavy atom. The van der Waals surface area contributed by atoms with Crippen LogP contribution in [0.15, 0.2) is 60.1 Å². The van der Waals surface area contributed by atoms with E-state index in [9.17, 15) is 33.6 Å². The van der Waals surface area contributed by atoms with Gasteiger partial charge < -0.3 is 56.6 Å². The number of unbranched alkanes of at least 4 members (excludes halogenated alkanes) is 2. The highest BCUT2D eigenvalue weighted by molar-refractivity contribution is 6.15. The van der Waals surface area contributed by atoms with Crippen LogP contribution in [0.2, 0.25) is 0 Å². The molecular weight excluding hydrogens is 984 g/mol. The summed E-state index contributed by atoms with van der Waals surface area (Å²) < 4.78 is 27.0. The predicted molar refractivity (Wildman–Crippen MR) is 278 cm³/mol. The Morgan fingerprint density at radius 3 is 2.43 bits per heavy atom. The van der Waals surface area contributed by atoms with E-state index in [0.29, 0.717) is 102 Å². The van der Waals surface area contributed by atoms with E-state index >= 15 is 4.39 Å². The lowest BCUT2D eigenvalue weighted by atomic mass is 9.91. The highest BCUT2D eigenvalue weighted by Gasteiger charge is 2.45. The largest absolute Gasteiger partial charge is 0.445 e. The number of nitrogens with zero attached hydrogens (tertiary/aromatic N) is 7. The number of urea groups is 1. The van der Waals surface area contributed by atoms with Crippen molar-refractivity contribution in [3.63, 3.8) is 0 Å². The Bertz CT molecular complexity index is 2960. The summed E-state index contributed by atoms with van der Waals surface area (Å²) in [5.74, 6) is -1.48. The number of primary amides is 1. The molecule has 4 aliphatic rings. The minimum Gasteiger partial charge on any atom is -0.445 e. The number of ether oxygens (including phenoxy) is 2. The SMILES string of the molecule is CNc1cc(F)cc2c1[nH]c1nc(Oc3cnc(C)nc3)nc(N3CC4CCN(C(=O)OCC5=CC=C(NC(=O)C(CCCNC(N)=O)NC(=O)[C@@H](NC(=O)CCCCCN6C(=O)C=CC6=O)C(C)C)CC5C)C4C3)c12. The molecule has 404 valence electrons. The number of H-pyrrole nitrogens is 1. The molecular formula is C52H65FN14O9.